The normalized spacial score (nSPS) is 17.9. The summed E-state index contributed by atoms with van der Waals surface area (Å²) >= 11 is 19.0. The van der Waals surface area contributed by atoms with Gasteiger partial charge in [0.2, 0.25) is 11.6 Å². The number of ether oxygens (including phenoxy) is 1. The fraction of sp³-hybridized carbons (Fsp3) is 0.273. The molecule has 0 saturated heterocycles. The van der Waals surface area contributed by atoms with Gasteiger partial charge in [0.05, 0.1) is 21.5 Å². The van der Waals surface area contributed by atoms with Gasteiger partial charge in [0.25, 0.3) is 5.89 Å². The Morgan fingerprint density at radius 1 is 1.12 bits per heavy atom. The van der Waals surface area contributed by atoms with E-state index in [0.717, 1.165) is 5.56 Å². The molecule has 12 heteroatoms. The molecule has 1 aliphatic carbocycles. The number of hydrogen-bond donors (Lipinski definition) is 0. The number of carbonyl (C=O) groups is 1. The van der Waals surface area contributed by atoms with E-state index >= 15 is 0 Å². The molecule has 7 nitrogen and oxygen atoms in total. The van der Waals surface area contributed by atoms with Crippen molar-refractivity contribution in [2.75, 3.05) is 0 Å². The minimum Gasteiger partial charge on any atom is -0.489 e. The lowest BCUT2D eigenvalue weighted by molar-refractivity contribution is -0.152. The van der Waals surface area contributed by atoms with E-state index in [2.05, 4.69) is 15.1 Å². The van der Waals surface area contributed by atoms with E-state index in [1.165, 1.54) is 12.1 Å². The Hall–Kier alpha value is -2.75. The summed E-state index contributed by atoms with van der Waals surface area (Å²) in [4.78, 5) is 20.1. The number of carbonyl (C=O) groups excluding carboxylic acids is 1. The number of aryl methyl sites for hydroxylation is 1. The van der Waals surface area contributed by atoms with Crippen LogP contribution in [-0.4, -0.2) is 37.3 Å². The number of halogens is 5. The number of fused-ring (bicyclic) bond motifs is 1. The smallest absolute Gasteiger partial charge is 0.308 e. The monoisotopic (exact) mass is 526 g/mol. The average Bonchev–Trinajstić information content (AvgIpc) is 3.40. The molecule has 1 atom stereocenters. The molecule has 4 aromatic rings. The van der Waals surface area contributed by atoms with Gasteiger partial charge in [0.1, 0.15) is 17.5 Å². The number of nitrogens with zero attached hydrogens (tertiary/aromatic N) is 4. The van der Waals surface area contributed by atoms with Crippen molar-refractivity contribution in [3.05, 3.63) is 51.2 Å². The van der Waals surface area contributed by atoms with Crippen LogP contribution in [0.3, 0.4) is 0 Å². The van der Waals surface area contributed by atoms with Crippen LogP contribution in [0.2, 0.25) is 15.1 Å². The second-order valence-corrected chi connectivity index (χ2v) is 9.24. The number of rotatable bonds is 4. The van der Waals surface area contributed by atoms with E-state index < -0.39 is 24.2 Å². The van der Waals surface area contributed by atoms with Crippen LogP contribution in [0.4, 0.5) is 8.78 Å². The lowest BCUT2D eigenvalue weighted by Crippen LogP contribution is -2.40. The van der Waals surface area contributed by atoms with Crippen molar-refractivity contribution in [2.24, 2.45) is 0 Å². The molecular weight excluding hydrogens is 513 g/mol. The summed E-state index contributed by atoms with van der Waals surface area (Å²) in [6.07, 6.45) is 1.90. The third-order valence-corrected chi connectivity index (χ3v) is 6.32. The van der Waals surface area contributed by atoms with E-state index in [1.54, 1.807) is 16.7 Å². The van der Waals surface area contributed by atoms with Crippen LogP contribution in [0.5, 0.6) is 5.75 Å². The Bertz CT molecular complexity index is 1440. The number of hydrogen-bond acceptors (Lipinski definition) is 6. The Kier molecular flexibility index (Phi) is 5.74. The van der Waals surface area contributed by atoms with Crippen LogP contribution in [0.25, 0.3) is 28.6 Å². The van der Waals surface area contributed by atoms with Gasteiger partial charge in [-0.15, -0.1) is 0 Å². The molecule has 0 spiro atoms. The first-order valence-electron chi connectivity index (χ1n) is 10.2. The molecule has 3 aromatic heterocycles. The third kappa shape index (κ3) is 4.23. The molecule has 5 rings (SSSR count). The van der Waals surface area contributed by atoms with Crippen LogP contribution in [-0.2, 0) is 4.79 Å². The van der Waals surface area contributed by atoms with Gasteiger partial charge in [-0.1, -0.05) is 40.0 Å². The highest BCUT2D eigenvalue weighted by Crippen LogP contribution is 2.39. The number of alkyl halides is 2. The summed E-state index contributed by atoms with van der Waals surface area (Å²) < 4.78 is 40.2. The van der Waals surface area contributed by atoms with E-state index in [-0.39, 0.29) is 40.4 Å². The number of Topliss-reactive ketones (excluding diaryl/α,β-unsaturated/α-hetero) is 1. The van der Waals surface area contributed by atoms with Gasteiger partial charge in [0.15, 0.2) is 5.65 Å². The number of pyridine rings is 1. The molecule has 0 unspecified atom stereocenters. The summed E-state index contributed by atoms with van der Waals surface area (Å²) in [7, 11) is 0. The highest BCUT2D eigenvalue weighted by molar-refractivity contribution is 6.36. The highest BCUT2D eigenvalue weighted by atomic mass is 35.5. The van der Waals surface area contributed by atoms with Crippen molar-refractivity contribution < 1.29 is 22.8 Å². The van der Waals surface area contributed by atoms with Crippen LogP contribution in [0.1, 0.15) is 24.8 Å². The maximum atomic E-state index is 13.7. The molecule has 1 saturated carbocycles. The number of imidazole rings is 1. The van der Waals surface area contributed by atoms with Gasteiger partial charge in [-0.3, -0.25) is 4.79 Å². The number of benzene rings is 1. The van der Waals surface area contributed by atoms with Crippen LogP contribution in [0, 0.1) is 6.92 Å². The Morgan fingerprint density at radius 3 is 2.68 bits per heavy atom. The first-order valence-corrected chi connectivity index (χ1v) is 11.3. The van der Waals surface area contributed by atoms with E-state index in [1.807, 2.05) is 13.1 Å². The van der Waals surface area contributed by atoms with E-state index in [0.29, 0.717) is 21.9 Å². The molecule has 3 heterocycles. The maximum absolute atomic E-state index is 13.7. The molecule has 1 fully saturated rings. The van der Waals surface area contributed by atoms with Crippen molar-refractivity contribution >= 4 is 46.2 Å². The molecule has 1 aliphatic rings. The SMILES string of the molecule is Cc1cc(Cl)c2nc(-c3nc(-c4cc(Cl)c(O[C@@H]5CCC(=O)C(F)(F)C5)cc4Cl)no3)cn2c1. The van der Waals surface area contributed by atoms with Gasteiger partial charge in [0, 0.05) is 30.4 Å². The molecule has 0 radical (unpaired) electrons. The second-order valence-electron chi connectivity index (χ2n) is 8.02. The predicted octanol–water partition coefficient (Wildman–Crippen LogP) is 6.46. The second kappa shape index (κ2) is 8.48. The molecule has 0 N–H and O–H groups in total. The molecule has 1 aromatic carbocycles. The quantitative estimate of drug-likeness (QED) is 0.303. The standard InChI is InChI=1S/C22H15Cl3F2N4O3/c1-10-4-15(25)20-28-16(9-31(20)8-10)21-29-19(30-34-21)12-5-14(24)17(6-13(12)23)33-11-2-3-18(32)22(26,27)7-11/h4-6,8-9,11H,2-3,7H2,1H3/t11-/m1/s1. The van der Waals surface area contributed by atoms with Crippen LogP contribution >= 0.6 is 34.8 Å². The Morgan fingerprint density at radius 2 is 1.91 bits per heavy atom. The van der Waals surface area contributed by atoms with Gasteiger partial charge in [-0.05, 0) is 31.0 Å². The van der Waals surface area contributed by atoms with Crippen molar-refractivity contribution in [1.82, 2.24) is 19.5 Å². The predicted molar refractivity (Wildman–Crippen MR) is 122 cm³/mol. The van der Waals surface area contributed by atoms with Crippen LogP contribution in [0.15, 0.2) is 35.1 Å². The minimum atomic E-state index is -3.42. The summed E-state index contributed by atoms with van der Waals surface area (Å²) in [5.74, 6) is -4.07. The Labute approximate surface area is 206 Å². The Balaban J connectivity index is 1.41. The summed E-state index contributed by atoms with van der Waals surface area (Å²) in [5, 5.41) is 4.75. The molecule has 34 heavy (non-hydrogen) atoms. The highest BCUT2D eigenvalue weighted by Gasteiger charge is 2.45. The fourth-order valence-corrected chi connectivity index (χ4v) is 4.54. The van der Waals surface area contributed by atoms with Gasteiger partial charge in [-0.25, -0.2) is 4.98 Å². The number of ketones is 1. The third-order valence-electron chi connectivity index (χ3n) is 5.43. The fourth-order valence-electron chi connectivity index (χ4n) is 3.78. The lowest BCUT2D eigenvalue weighted by atomic mass is 9.93. The summed E-state index contributed by atoms with van der Waals surface area (Å²) in [6, 6.07) is 4.66. The largest absolute Gasteiger partial charge is 0.489 e. The molecule has 176 valence electrons. The van der Waals surface area contributed by atoms with Crippen LogP contribution < -0.4 is 4.74 Å². The zero-order chi connectivity index (χ0) is 24.2. The maximum Gasteiger partial charge on any atom is 0.308 e. The minimum absolute atomic E-state index is 0.125. The average molecular weight is 528 g/mol. The molecule has 0 amide bonds. The zero-order valence-electron chi connectivity index (χ0n) is 17.5. The van der Waals surface area contributed by atoms with Crippen molar-refractivity contribution in [2.45, 2.75) is 38.2 Å². The first kappa shape index (κ1) is 23.0. The van der Waals surface area contributed by atoms with Gasteiger partial charge >= 0.3 is 5.92 Å². The topological polar surface area (TPSA) is 82.5 Å². The molecule has 0 bridgehead atoms. The van der Waals surface area contributed by atoms with Crippen molar-refractivity contribution in [3.63, 3.8) is 0 Å². The van der Waals surface area contributed by atoms with Gasteiger partial charge < -0.3 is 13.7 Å². The summed E-state index contributed by atoms with van der Waals surface area (Å²) in [6.45, 7) is 1.91. The molecular formula is C22H15Cl3F2N4O3. The van der Waals surface area contributed by atoms with Gasteiger partial charge in [-0.2, -0.15) is 13.8 Å². The summed E-state index contributed by atoms with van der Waals surface area (Å²) in [5.41, 5.74) is 2.27. The van der Waals surface area contributed by atoms with E-state index in [4.69, 9.17) is 44.1 Å². The van der Waals surface area contributed by atoms with E-state index in [9.17, 15) is 13.6 Å². The first-order chi connectivity index (χ1) is 16.1. The van der Waals surface area contributed by atoms with Crippen molar-refractivity contribution in [1.29, 1.82) is 0 Å². The van der Waals surface area contributed by atoms with Crippen molar-refractivity contribution in [3.8, 4) is 28.7 Å². The zero-order valence-corrected chi connectivity index (χ0v) is 19.8. The molecule has 0 aliphatic heterocycles. The lowest BCUT2D eigenvalue weighted by Gasteiger charge is -2.28. The number of aromatic nitrogens is 4.